The zero-order valence-electron chi connectivity index (χ0n) is 12.1. The van der Waals surface area contributed by atoms with Gasteiger partial charge >= 0.3 is 0 Å². The first kappa shape index (κ1) is 12.7. The second kappa shape index (κ2) is 4.97. The van der Waals surface area contributed by atoms with Crippen molar-refractivity contribution in [2.24, 2.45) is 7.05 Å². The summed E-state index contributed by atoms with van der Waals surface area (Å²) in [7, 11) is 1.95. The third-order valence-electron chi connectivity index (χ3n) is 3.67. The molecule has 1 aromatic heterocycles. The van der Waals surface area contributed by atoms with Crippen molar-refractivity contribution in [1.82, 2.24) is 9.78 Å². The smallest absolute Gasteiger partial charge is 0.0929 e. The van der Waals surface area contributed by atoms with Gasteiger partial charge in [0, 0.05) is 18.8 Å². The van der Waals surface area contributed by atoms with Crippen LogP contribution in [0.1, 0.15) is 11.1 Å². The van der Waals surface area contributed by atoms with Gasteiger partial charge in [0.1, 0.15) is 0 Å². The number of rotatable bonds is 2. The fourth-order valence-corrected chi connectivity index (χ4v) is 2.72. The predicted molar refractivity (Wildman–Crippen MR) is 83.6 cm³/mol. The lowest BCUT2D eigenvalue weighted by Crippen LogP contribution is -1.93. The third-order valence-corrected chi connectivity index (χ3v) is 3.67. The van der Waals surface area contributed by atoms with E-state index in [1.54, 1.807) is 0 Å². The van der Waals surface area contributed by atoms with Crippen LogP contribution in [0.3, 0.4) is 0 Å². The van der Waals surface area contributed by atoms with Gasteiger partial charge in [0.15, 0.2) is 0 Å². The largest absolute Gasteiger partial charge is 0.275 e. The Morgan fingerprint density at radius 2 is 1.45 bits per heavy atom. The average molecular weight is 262 g/mol. The van der Waals surface area contributed by atoms with Crippen molar-refractivity contribution in [3.8, 4) is 22.4 Å². The number of nitrogens with zero attached hydrogens (tertiary/aromatic N) is 2. The molecule has 2 heteroatoms. The maximum atomic E-state index is 4.54. The predicted octanol–water partition coefficient (Wildman–Crippen LogP) is 4.37. The standard InChI is InChI=1S/C18H18N2/c1-13-7-6-8-14(2)18(13)16-10-5-4-9-15(16)17-11-12-20(3)19-17/h4-12H,1-3H3. The highest BCUT2D eigenvalue weighted by Crippen LogP contribution is 2.34. The molecule has 3 aromatic rings. The number of hydrogen-bond donors (Lipinski definition) is 0. The van der Waals surface area contributed by atoms with Crippen molar-refractivity contribution >= 4 is 0 Å². The second-order valence-corrected chi connectivity index (χ2v) is 5.19. The quantitative estimate of drug-likeness (QED) is 0.670. The van der Waals surface area contributed by atoms with Crippen LogP contribution in [-0.2, 0) is 7.05 Å². The molecule has 0 saturated heterocycles. The molecule has 0 aliphatic heterocycles. The van der Waals surface area contributed by atoms with Crippen LogP contribution in [-0.4, -0.2) is 9.78 Å². The van der Waals surface area contributed by atoms with E-state index in [1.165, 1.54) is 27.8 Å². The minimum absolute atomic E-state index is 1.02. The van der Waals surface area contributed by atoms with Crippen LogP contribution in [0.25, 0.3) is 22.4 Å². The van der Waals surface area contributed by atoms with Crippen molar-refractivity contribution < 1.29 is 0 Å². The summed E-state index contributed by atoms with van der Waals surface area (Å²) in [6, 6.07) is 17.0. The first-order chi connectivity index (χ1) is 9.66. The third kappa shape index (κ3) is 2.14. The summed E-state index contributed by atoms with van der Waals surface area (Å²) < 4.78 is 1.84. The van der Waals surface area contributed by atoms with Gasteiger partial charge in [0.25, 0.3) is 0 Å². The summed E-state index contributed by atoms with van der Waals surface area (Å²) in [5.74, 6) is 0. The monoisotopic (exact) mass is 262 g/mol. The lowest BCUT2D eigenvalue weighted by molar-refractivity contribution is 0.771. The van der Waals surface area contributed by atoms with E-state index in [-0.39, 0.29) is 0 Å². The molecule has 0 N–H and O–H groups in total. The normalized spacial score (nSPS) is 10.8. The molecule has 0 unspecified atom stereocenters. The molecule has 100 valence electrons. The average Bonchev–Trinajstić information content (AvgIpc) is 2.86. The van der Waals surface area contributed by atoms with Crippen molar-refractivity contribution in [1.29, 1.82) is 0 Å². The maximum absolute atomic E-state index is 4.54. The van der Waals surface area contributed by atoms with E-state index < -0.39 is 0 Å². The summed E-state index contributed by atoms with van der Waals surface area (Å²) >= 11 is 0. The zero-order chi connectivity index (χ0) is 14.1. The molecule has 0 atom stereocenters. The molecule has 2 aromatic carbocycles. The topological polar surface area (TPSA) is 17.8 Å². The zero-order valence-corrected chi connectivity index (χ0v) is 12.1. The van der Waals surface area contributed by atoms with Crippen molar-refractivity contribution in [3.05, 3.63) is 65.9 Å². The molecule has 0 aliphatic carbocycles. The molecular weight excluding hydrogens is 244 g/mol. The van der Waals surface area contributed by atoms with E-state index in [9.17, 15) is 0 Å². The van der Waals surface area contributed by atoms with Gasteiger partial charge in [-0.2, -0.15) is 5.10 Å². The van der Waals surface area contributed by atoms with Gasteiger partial charge in [0.2, 0.25) is 0 Å². The number of aromatic nitrogens is 2. The highest BCUT2D eigenvalue weighted by molar-refractivity contribution is 5.84. The van der Waals surface area contributed by atoms with Gasteiger partial charge in [-0.1, -0.05) is 42.5 Å². The number of aryl methyl sites for hydroxylation is 3. The molecule has 0 fully saturated rings. The Kier molecular flexibility index (Phi) is 3.15. The van der Waals surface area contributed by atoms with Crippen molar-refractivity contribution in [3.63, 3.8) is 0 Å². The fourth-order valence-electron chi connectivity index (χ4n) is 2.72. The minimum atomic E-state index is 1.02. The maximum Gasteiger partial charge on any atom is 0.0929 e. The summed E-state index contributed by atoms with van der Waals surface area (Å²) in [6.45, 7) is 4.33. The molecule has 0 spiro atoms. The number of benzene rings is 2. The van der Waals surface area contributed by atoms with Crippen LogP contribution < -0.4 is 0 Å². The molecule has 2 nitrogen and oxygen atoms in total. The Bertz CT molecular complexity index is 733. The van der Waals surface area contributed by atoms with Crippen LogP contribution in [0.4, 0.5) is 0 Å². The Balaban J connectivity index is 2.25. The molecular formula is C18H18N2. The summed E-state index contributed by atoms with van der Waals surface area (Å²) in [5, 5.41) is 4.54. The number of hydrogen-bond acceptors (Lipinski definition) is 1. The highest BCUT2D eigenvalue weighted by Gasteiger charge is 2.12. The van der Waals surface area contributed by atoms with Crippen molar-refractivity contribution in [2.75, 3.05) is 0 Å². The van der Waals surface area contributed by atoms with Gasteiger partial charge in [-0.15, -0.1) is 0 Å². The van der Waals surface area contributed by atoms with Gasteiger partial charge in [-0.3, -0.25) is 4.68 Å². The van der Waals surface area contributed by atoms with E-state index in [1.807, 2.05) is 17.9 Å². The first-order valence-electron chi connectivity index (χ1n) is 6.82. The highest BCUT2D eigenvalue weighted by atomic mass is 15.2. The van der Waals surface area contributed by atoms with Gasteiger partial charge < -0.3 is 0 Å². The summed E-state index contributed by atoms with van der Waals surface area (Å²) in [6.07, 6.45) is 1.98. The van der Waals surface area contributed by atoms with E-state index in [2.05, 4.69) is 67.5 Å². The SMILES string of the molecule is Cc1cccc(C)c1-c1ccccc1-c1ccn(C)n1. The van der Waals surface area contributed by atoms with Crippen LogP contribution in [0.2, 0.25) is 0 Å². The molecule has 3 rings (SSSR count). The molecule has 0 saturated carbocycles. The Morgan fingerprint density at radius 3 is 2.05 bits per heavy atom. The fraction of sp³-hybridized carbons (Fsp3) is 0.167. The Morgan fingerprint density at radius 1 is 0.800 bits per heavy atom. The molecule has 20 heavy (non-hydrogen) atoms. The summed E-state index contributed by atoms with van der Waals surface area (Å²) in [4.78, 5) is 0. The Labute approximate surface area is 119 Å². The van der Waals surface area contributed by atoms with Crippen LogP contribution in [0.15, 0.2) is 54.7 Å². The van der Waals surface area contributed by atoms with Crippen LogP contribution >= 0.6 is 0 Å². The van der Waals surface area contributed by atoms with Crippen LogP contribution in [0.5, 0.6) is 0 Å². The van der Waals surface area contributed by atoms with E-state index >= 15 is 0 Å². The molecule has 0 radical (unpaired) electrons. The van der Waals surface area contributed by atoms with E-state index in [0.29, 0.717) is 0 Å². The van der Waals surface area contributed by atoms with Crippen LogP contribution in [0, 0.1) is 13.8 Å². The lowest BCUT2D eigenvalue weighted by atomic mass is 9.91. The first-order valence-corrected chi connectivity index (χ1v) is 6.82. The lowest BCUT2D eigenvalue weighted by Gasteiger charge is -2.13. The van der Waals surface area contributed by atoms with Gasteiger partial charge in [-0.25, -0.2) is 0 Å². The van der Waals surface area contributed by atoms with Gasteiger partial charge in [0.05, 0.1) is 5.69 Å². The Hall–Kier alpha value is -2.35. The van der Waals surface area contributed by atoms with E-state index in [0.717, 1.165) is 5.69 Å². The molecule has 1 heterocycles. The molecule has 0 bridgehead atoms. The minimum Gasteiger partial charge on any atom is -0.275 e. The molecule has 0 aliphatic rings. The van der Waals surface area contributed by atoms with Crippen molar-refractivity contribution in [2.45, 2.75) is 13.8 Å². The summed E-state index contributed by atoms with van der Waals surface area (Å²) in [5.41, 5.74) is 7.37. The van der Waals surface area contributed by atoms with Gasteiger partial charge in [-0.05, 0) is 42.2 Å². The van der Waals surface area contributed by atoms with E-state index in [4.69, 9.17) is 0 Å². The second-order valence-electron chi connectivity index (χ2n) is 5.19. The molecule has 0 amide bonds.